The van der Waals surface area contributed by atoms with E-state index in [-0.39, 0.29) is 5.91 Å². The van der Waals surface area contributed by atoms with Crippen LogP contribution in [0.3, 0.4) is 0 Å². The zero-order valence-corrected chi connectivity index (χ0v) is 15.3. The van der Waals surface area contributed by atoms with Crippen molar-refractivity contribution in [2.45, 2.75) is 6.54 Å². The molecule has 2 aromatic rings. The molecule has 3 nitrogen and oxygen atoms in total. The van der Waals surface area contributed by atoms with Gasteiger partial charge in [-0.25, -0.2) is 0 Å². The summed E-state index contributed by atoms with van der Waals surface area (Å²) in [5.41, 5.74) is 0.774. The van der Waals surface area contributed by atoms with Crippen LogP contribution in [0, 0.1) is 0 Å². The smallest absolute Gasteiger partial charge is 0.246 e. The average molecular weight is 401 g/mol. The van der Waals surface area contributed by atoms with Gasteiger partial charge in [-0.2, -0.15) is 0 Å². The van der Waals surface area contributed by atoms with Crippen LogP contribution in [0.1, 0.15) is 10.4 Å². The van der Waals surface area contributed by atoms with Gasteiger partial charge in [0.15, 0.2) is 0 Å². The Morgan fingerprint density at radius 3 is 2.86 bits per heavy atom. The molecule has 0 unspecified atom stereocenters. The number of hydrogen-bond donors (Lipinski definition) is 0. The first-order valence-corrected chi connectivity index (χ1v) is 8.54. The highest BCUT2D eigenvalue weighted by atomic mass is 79.9. The van der Waals surface area contributed by atoms with E-state index < -0.39 is 0 Å². The average Bonchev–Trinajstić information content (AvgIpc) is 2.90. The molecular formula is C16H15BrClNO2S. The monoisotopic (exact) mass is 399 g/mol. The number of nitrogens with zero attached hydrogens (tertiary/aromatic N) is 1. The molecule has 0 aliphatic heterocycles. The van der Waals surface area contributed by atoms with Crippen LogP contribution in [0.25, 0.3) is 6.08 Å². The third-order valence-corrected chi connectivity index (χ3v) is 4.91. The van der Waals surface area contributed by atoms with Crippen LogP contribution in [0.5, 0.6) is 5.75 Å². The zero-order chi connectivity index (χ0) is 16.1. The SMILES string of the molecule is COc1ccc(Cl)cc1C=CC(=O)N(C)Cc1cc(Br)cs1. The Morgan fingerprint density at radius 2 is 2.23 bits per heavy atom. The summed E-state index contributed by atoms with van der Waals surface area (Å²) in [5, 5.41) is 2.60. The summed E-state index contributed by atoms with van der Waals surface area (Å²) in [7, 11) is 3.36. The molecule has 22 heavy (non-hydrogen) atoms. The number of ether oxygens (including phenoxy) is 1. The minimum Gasteiger partial charge on any atom is -0.496 e. The summed E-state index contributed by atoms with van der Waals surface area (Å²) in [5.74, 6) is 0.602. The van der Waals surface area contributed by atoms with Gasteiger partial charge >= 0.3 is 0 Å². The van der Waals surface area contributed by atoms with E-state index in [9.17, 15) is 4.79 Å². The lowest BCUT2D eigenvalue weighted by atomic mass is 10.2. The summed E-state index contributed by atoms with van der Waals surface area (Å²) in [4.78, 5) is 15.0. The van der Waals surface area contributed by atoms with Crippen LogP contribution < -0.4 is 4.74 Å². The first kappa shape index (κ1) is 17.1. The number of thiophene rings is 1. The van der Waals surface area contributed by atoms with Crippen molar-refractivity contribution >= 4 is 50.9 Å². The normalized spacial score (nSPS) is 10.9. The number of likely N-dealkylation sites (N-methyl/N-ethyl adjacent to an activating group) is 1. The summed E-state index contributed by atoms with van der Waals surface area (Å²) in [6, 6.07) is 7.30. The molecule has 1 heterocycles. The van der Waals surface area contributed by atoms with Gasteiger partial charge in [0.05, 0.1) is 13.7 Å². The molecule has 0 aliphatic carbocycles. The Balaban J connectivity index is 2.06. The Labute approximate surface area is 147 Å². The molecule has 6 heteroatoms. The van der Waals surface area contributed by atoms with Crippen molar-refractivity contribution in [2.75, 3.05) is 14.2 Å². The molecule has 0 fully saturated rings. The largest absolute Gasteiger partial charge is 0.496 e. The lowest BCUT2D eigenvalue weighted by Crippen LogP contribution is -2.23. The fourth-order valence-electron chi connectivity index (χ4n) is 1.87. The van der Waals surface area contributed by atoms with Crippen LogP contribution in [-0.2, 0) is 11.3 Å². The molecule has 1 aromatic carbocycles. The second kappa shape index (κ2) is 7.81. The number of carbonyl (C=O) groups excluding carboxylic acids is 1. The number of rotatable bonds is 5. The van der Waals surface area contributed by atoms with Crippen molar-refractivity contribution in [3.05, 3.63) is 55.7 Å². The molecule has 0 radical (unpaired) electrons. The van der Waals surface area contributed by atoms with Gasteiger partial charge in [0.1, 0.15) is 5.75 Å². The van der Waals surface area contributed by atoms with Crippen molar-refractivity contribution in [2.24, 2.45) is 0 Å². The number of carbonyl (C=O) groups is 1. The minimum absolute atomic E-state index is 0.0773. The fourth-order valence-corrected chi connectivity index (χ4v) is 3.56. The molecule has 116 valence electrons. The number of hydrogen-bond acceptors (Lipinski definition) is 3. The van der Waals surface area contributed by atoms with Crippen molar-refractivity contribution in [3.63, 3.8) is 0 Å². The van der Waals surface area contributed by atoms with E-state index in [1.54, 1.807) is 54.7 Å². The molecule has 0 saturated carbocycles. The van der Waals surface area contributed by atoms with E-state index >= 15 is 0 Å². The topological polar surface area (TPSA) is 29.5 Å². The number of methoxy groups -OCH3 is 1. The van der Waals surface area contributed by atoms with Crippen LogP contribution in [0.4, 0.5) is 0 Å². The summed E-state index contributed by atoms with van der Waals surface area (Å²) >= 11 is 11.0. The van der Waals surface area contributed by atoms with Crippen molar-refractivity contribution in [1.29, 1.82) is 0 Å². The molecule has 0 saturated heterocycles. The second-order valence-electron chi connectivity index (χ2n) is 4.65. The lowest BCUT2D eigenvalue weighted by Gasteiger charge is -2.13. The predicted molar refractivity (Wildman–Crippen MR) is 95.5 cm³/mol. The second-order valence-corrected chi connectivity index (χ2v) is 6.99. The standard InChI is InChI=1S/C16H15BrClNO2S/c1-19(9-14-8-12(17)10-22-14)16(20)6-3-11-7-13(18)4-5-15(11)21-2/h3-8,10H,9H2,1-2H3. The fraction of sp³-hybridized carbons (Fsp3) is 0.188. The van der Waals surface area contributed by atoms with Gasteiger partial charge in [-0.1, -0.05) is 11.6 Å². The summed E-state index contributed by atoms with van der Waals surface area (Å²) in [6.45, 7) is 0.576. The molecule has 1 aromatic heterocycles. The third-order valence-electron chi connectivity index (χ3n) is 2.99. The van der Waals surface area contributed by atoms with Crippen molar-refractivity contribution < 1.29 is 9.53 Å². The van der Waals surface area contributed by atoms with Gasteiger partial charge in [0, 0.05) is 38.4 Å². The Morgan fingerprint density at radius 1 is 1.45 bits per heavy atom. The maximum absolute atomic E-state index is 12.2. The first-order chi connectivity index (χ1) is 10.5. The molecular weight excluding hydrogens is 386 g/mol. The van der Waals surface area contributed by atoms with Crippen molar-refractivity contribution in [1.82, 2.24) is 4.90 Å². The van der Waals surface area contributed by atoms with Crippen LogP contribution >= 0.6 is 38.9 Å². The van der Waals surface area contributed by atoms with E-state index in [1.165, 1.54) is 6.08 Å². The molecule has 1 amide bonds. The van der Waals surface area contributed by atoms with E-state index in [0.717, 1.165) is 14.9 Å². The molecule has 0 atom stereocenters. The Kier molecular flexibility index (Phi) is 6.06. The summed E-state index contributed by atoms with van der Waals surface area (Å²) < 4.78 is 6.29. The van der Waals surface area contributed by atoms with Gasteiger partial charge in [-0.3, -0.25) is 4.79 Å². The molecule has 0 aliphatic rings. The third kappa shape index (κ3) is 4.60. The Hall–Kier alpha value is -1.30. The molecule has 2 rings (SSSR count). The number of benzene rings is 1. The molecule has 0 N–H and O–H groups in total. The maximum atomic E-state index is 12.2. The van der Waals surface area contributed by atoms with Gasteiger partial charge in [0.25, 0.3) is 0 Å². The molecule has 0 spiro atoms. The van der Waals surface area contributed by atoms with Gasteiger partial charge in [-0.15, -0.1) is 11.3 Å². The van der Waals surface area contributed by atoms with Crippen molar-refractivity contribution in [3.8, 4) is 5.75 Å². The number of halogens is 2. The Bertz CT molecular complexity index is 699. The van der Waals surface area contributed by atoms with E-state index in [2.05, 4.69) is 15.9 Å². The van der Waals surface area contributed by atoms with Crippen LogP contribution in [0.2, 0.25) is 5.02 Å². The summed E-state index contributed by atoms with van der Waals surface area (Å²) in [6.07, 6.45) is 3.24. The van der Waals surface area contributed by atoms with E-state index in [0.29, 0.717) is 17.3 Å². The minimum atomic E-state index is -0.0773. The van der Waals surface area contributed by atoms with Gasteiger partial charge in [0.2, 0.25) is 5.91 Å². The lowest BCUT2D eigenvalue weighted by molar-refractivity contribution is -0.125. The van der Waals surface area contributed by atoms with E-state index in [4.69, 9.17) is 16.3 Å². The van der Waals surface area contributed by atoms with Crippen LogP contribution in [-0.4, -0.2) is 25.0 Å². The van der Waals surface area contributed by atoms with Gasteiger partial charge < -0.3 is 9.64 Å². The quantitative estimate of drug-likeness (QED) is 0.672. The highest BCUT2D eigenvalue weighted by Gasteiger charge is 2.08. The maximum Gasteiger partial charge on any atom is 0.246 e. The van der Waals surface area contributed by atoms with Crippen LogP contribution in [0.15, 0.2) is 40.2 Å². The van der Waals surface area contributed by atoms with E-state index in [1.807, 2.05) is 11.4 Å². The zero-order valence-electron chi connectivity index (χ0n) is 12.2. The molecule has 0 bridgehead atoms. The highest BCUT2D eigenvalue weighted by Crippen LogP contribution is 2.24. The predicted octanol–water partition coefficient (Wildman–Crippen LogP) is 4.84. The first-order valence-electron chi connectivity index (χ1n) is 6.49. The van der Waals surface area contributed by atoms with Gasteiger partial charge in [-0.05, 0) is 46.3 Å². The number of amides is 1. The highest BCUT2D eigenvalue weighted by molar-refractivity contribution is 9.10.